The van der Waals surface area contributed by atoms with Crippen LogP contribution in [-0.2, 0) is 7.05 Å². The quantitative estimate of drug-likeness (QED) is 0.754. The maximum absolute atomic E-state index is 10.1. The van der Waals surface area contributed by atoms with Crippen molar-refractivity contribution in [2.45, 2.75) is 38.2 Å². The van der Waals surface area contributed by atoms with Crippen LogP contribution >= 0.6 is 0 Å². The summed E-state index contributed by atoms with van der Waals surface area (Å²) in [6.45, 7) is 0. The molecule has 0 spiro atoms. The van der Waals surface area contributed by atoms with E-state index in [-0.39, 0.29) is 0 Å². The summed E-state index contributed by atoms with van der Waals surface area (Å²) in [4.78, 5) is 0. The zero-order valence-corrected chi connectivity index (χ0v) is 9.19. The number of rotatable bonds is 2. The van der Waals surface area contributed by atoms with Crippen molar-refractivity contribution in [3.63, 3.8) is 0 Å². The summed E-state index contributed by atoms with van der Waals surface area (Å²) in [6.07, 6.45) is 9.38. The normalized spacial score (nSPS) is 19.5. The van der Waals surface area contributed by atoms with E-state index in [0.29, 0.717) is 0 Å². The number of aliphatic hydroxyl groups is 1. The van der Waals surface area contributed by atoms with Gasteiger partial charge >= 0.3 is 0 Å². The van der Waals surface area contributed by atoms with Gasteiger partial charge in [-0.1, -0.05) is 12.5 Å². The number of aliphatic hydroxyl groups excluding tert-OH is 1. The van der Waals surface area contributed by atoms with Crippen LogP contribution < -0.4 is 0 Å². The maximum atomic E-state index is 10.1. The van der Waals surface area contributed by atoms with E-state index in [4.69, 9.17) is 0 Å². The number of nitrogens with zero attached hydrogens (tertiary/aromatic N) is 2. The molecule has 1 heterocycles. The third-order valence-electron chi connectivity index (χ3n) is 2.94. The summed E-state index contributed by atoms with van der Waals surface area (Å²) in [7, 11) is 1.87. The second-order valence-corrected chi connectivity index (χ2v) is 4.20. The molecule has 3 heteroatoms. The first-order chi connectivity index (χ1) is 7.27. The summed E-state index contributed by atoms with van der Waals surface area (Å²) in [5.41, 5.74) is 1.91. The molecule has 0 saturated heterocycles. The number of hydrogen-bond acceptors (Lipinski definition) is 2. The first-order valence-electron chi connectivity index (χ1n) is 5.64. The first-order valence-corrected chi connectivity index (χ1v) is 5.64. The molecule has 1 aromatic heterocycles. The van der Waals surface area contributed by atoms with Crippen LogP contribution in [-0.4, -0.2) is 14.9 Å². The van der Waals surface area contributed by atoms with Crippen LogP contribution in [0.5, 0.6) is 0 Å². The van der Waals surface area contributed by atoms with Gasteiger partial charge in [0, 0.05) is 13.2 Å². The summed E-state index contributed by atoms with van der Waals surface area (Å²) in [5, 5.41) is 14.4. The molecule has 15 heavy (non-hydrogen) atoms. The molecule has 1 aliphatic carbocycles. The minimum atomic E-state index is -0.496. The average Bonchev–Trinajstić information content (AvgIpc) is 2.53. The molecule has 1 atom stereocenters. The standard InChI is InChI=1S/C12H18N2O/c1-14-9-8-11(13-14)12(15)10-6-4-2-3-5-7-10/h6,8-9,12,15H,2-5,7H2,1H3. The Hall–Kier alpha value is -1.09. The number of aromatic nitrogens is 2. The predicted molar refractivity (Wildman–Crippen MR) is 59.3 cm³/mol. The summed E-state index contributed by atoms with van der Waals surface area (Å²) < 4.78 is 1.73. The van der Waals surface area contributed by atoms with Crippen LogP contribution in [0.25, 0.3) is 0 Å². The molecule has 1 N–H and O–H groups in total. The van der Waals surface area contributed by atoms with Gasteiger partial charge in [0.1, 0.15) is 6.10 Å². The van der Waals surface area contributed by atoms with Crippen molar-refractivity contribution < 1.29 is 5.11 Å². The Morgan fingerprint density at radius 1 is 1.40 bits per heavy atom. The number of hydrogen-bond donors (Lipinski definition) is 1. The molecule has 1 aliphatic rings. The van der Waals surface area contributed by atoms with Gasteiger partial charge in [0.05, 0.1) is 5.69 Å². The fourth-order valence-electron chi connectivity index (χ4n) is 2.06. The van der Waals surface area contributed by atoms with E-state index >= 15 is 0 Å². The van der Waals surface area contributed by atoms with Gasteiger partial charge in [-0.2, -0.15) is 5.10 Å². The van der Waals surface area contributed by atoms with Crippen molar-refractivity contribution >= 4 is 0 Å². The molecule has 0 saturated carbocycles. The highest BCUT2D eigenvalue weighted by atomic mass is 16.3. The molecule has 82 valence electrons. The van der Waals surface area contributed by atoms with Crippen molar-refractivity contribution in [3.05, 3.63) is 29.6 Å². The SMILES string of the molecule is Cn1ccc(C(O)C2=CCCCCC2)n1. The fraction of sp³-hybridized carbons (Fsp3) is 0.583. The lowest BCUT2D eigenvalue weighted by atomic mass is 10.0. The Bertz CT molecular complexity index is 354. The van der Waals surface area contributed by atoms with Crippen LogP contribution in [0.4, 0.5) is 0 Å². The Morgan fingerprint density at radius 3 is 3.00 bits per heavy atom. The van der Waals surface area contributed by atoms with Gasteiger partial charge in [-0.15, -0.1) is 0 Å². The third kappa shape index (κ3) is 2.48. The van der Waals surface area contributed by atoms with Gasteiger partial charge in [0.15, 0.2) is 0 Å². The monoisotopic (exact) mass is 206 g/mol. The molecular formula is C12H18N2O. The Labute approximate surface area is 90.4 Å². The zero-order chi connectivity index (χ0) is 10.7. The maximum Gasteiger partial charge on any atom is 0.119 e. The Balaban J connectivity index is 2.12. The summed E-state index contributed by atoms with van der Waals surface area (Å²) >= 11 is 0. The van der Waals surface area contributed by atoms with E-state index in [1.54, 1.807) is 4.68 Å². The molecule has 0 aromatic carbocycles. The van der Waals surface area contributed by atoms with E-state index in [1.807, 2.05) is 19.3 Å². The Kier molecular flexibility index (Phi) is 3.21. The second-order valence-electron chi connectivity index (χ2n) is 4.20. The number of allylic oxidation sites excluding steroid dienone is 1. The predicted octanol–water partition coefficient (Wildman–Crippen LogP) is 2.34. The van der Waals surface area contributed by atoms with Crippen LogP contribution in [0.1, 0.15) is 43.9 Å². The lowest BCUT2D eigenvalue weighted by molar-refractivity contribution is 0.205. The molecule has 2 rings (SSSR count). The van der Waals surface area contributed by atoms with Crippen LogP contribution in [0.15, 0.2) is 23.9 Å². The second kappa shape index (κ2) is 4.62. The third-order valence-corrected chi connectivity index (χ3v) is 2.94. The van der Waals surface area contributed by atoms with Gasteiger partial charge in [-0.05, 0) is 37.3 Å². The van der Waals surface area contributed by atoms with E-state index in [0.717, 1.165) is 24.1 Å². The molecule has 0 bridgehead atoms. The van der Waals surface area contributed by atoms with Gasteiger partial charge in [-0.25, -0.2) is 0 Å². The van der Waals surface area contributed by atoms with E-state index in [1.165, 1.54) is 19.3 Å². The van der Waals surface area contributed by atoms with Crippen molar-refractivity contribution in [3.8, 4) is 0 Å². The van der Waals surface area contributed by atoms with Crippen LogP contribution in [0.3, 0.4) is 0 Å². The molecule has 1 aromatic rings. The molecule has 0 aliphatic heterocycles. The summed E-state index contributed by atoms with van der Waals surface area (Å²) in [6, 6.07) is 1.89. The van der Waals surface area contributed by atoms with Gasteiger partial charge < -0.3 is 5.11 Å². The highest BCUT2D eigenvalue weighted by Gasteiger charge is 2.16. The minimum Gasteiger partial charge on any atom is -0.382 e. The highest BCUT2D eigenvalue weighted by molar-refractivity contribution is 5.19. The lowest BCUT2D eigenvalue weighted by Gasteiger charge is -2.11. The van der Waals surface area contributed by atoms with Gasteiger partial charge in [0.2, 0.25) is 0 Å². The van der Waals surface area contributed by atoms with Gasteiger partial charge in [0.25, 0.3) is 0 Å². The average molecular weight is 206 g/mol. The Morgan fingerprint density at radius 2 is 2.27 bits per heavy atom. The largest absolute Gasteiger partial charge is 0.382 e. The van der Waals surface area contributed by atoms with Crippen LogP contribution in [0.2, 0.25) is 0 Å². The number of aryl methyl sites for hydroxylation is 1. The van der Waals surface area contributed by atoms with Crippen LogP contribution in [0, 0.1) is 0 Å². The van der Waals surface area contributed by atoms with Crippen molar-refractivity contribution in [1.29, 1.82) is 0 Å². The van der Waals surface area contributed by atoms with E-state index < -0.39 is 6.10 Å². The van der Waals surface area contributed by atoms with E-state index in [9.17, 15) is 5.11 Å². The molecule has 1 unspecified atom stereocenters. The zero-order valence-electron chi connectivity index (χ0n) is 9.19. The van der Waals surface area contributed by atoms with Gasteiger partial charge in [-0.3, -0.25) is 4.68 Å². The molecule has 0 radical (unpaired) electrons. The first kappa shape index (κ1) is 10.4. The smallest absolute Gasteiger partial charge is 0.119 e. The highest BCUT2D eigenvalue weighted by Crippen LogP contribution is 2.27. The topological polar surface area (TPSA) is 38.0 Å². The molecule has 0 fully saturated rings. The van der Waals surface area contributed by atoms with Crippen molar-refractivity contribution in [1.82, 2.24) is 9.78 Å². The molecule has 0 amide bonds. The van der Waals surface area contributed by atoms with Crippen molar-refractivity contribution in [2.75, 3.05) is 0 Å². The lowest BCUT2D eigenvalue weighted by Crippen LogP contribution is -2.03. The van der Waals surface area contributed by atoms with Crippen molar-refractivity contribution in [2.24, 2.45) is 7.05 Å². The molecular weight excluding hydrogens is 188 g/mol. The summed E-state index contributed by atoms with van der Waals surface area (Å²) in [5.74, 6) is 0. The van der Waals surface area contributed by atoms with E-state index in [2.05, 4.69) is 11.2 Å². The minimum absolute atomic E-state index is 0.496. The fourth-order valence-corrected chi connectivity index (χ4v) is 2.06. The molecule has 3 nitrogen and oxygen atoms in total.